The number of rotatable bonds is 5. The van der Waals surface area contributed by atoms with Gasteiger partial charge in [0, 0.05) is 6.54 Å². The lowest BCUT2D eigenvalue weighted by Gasteiger charge is -2.42. The average Bonchev–Trinajstić information content (AvgIpc) is 2.16. The van der Waals surface area contributed by atoms with Crippen LogP contribution in [0.5, 0.6) is 0 Å². The van der Waals surface area contributed by atoms with Gasteiger partial charge in [-0.05, 0) is 38.5 Å². The molecule has 16 heavy (non-hydrogen) atoms. The molecule has 3 N–H and O–H groups in total. The predicted octanol–water partition coefficient (Wildman–Crippen LogP) is 2.00. The van der Waals surface area contributed by atoms with Crippen molar-refractivity contribution in [2.75, 3.05) is 6.54 Å². The summed E-state index contributed by atoms with van der Waals surface area (Å²) >= 11 is 4.90. The Hall–Kier alpha value is -0.640. The Labute approximate surface area is 103 Å². The van der Waals surface area contributed by atoms with Crippen LogP contribution in [0.2, 0.25) is 0 Å². The molecule has 1 aliphatic rings. The van der Waals surface area contributed by atoms with E-state index in [1.165, 1.54) is 19.3 Å². The summed E-state index contributed by atoms with van der Waals surface area (Å²) in [7, 11) is 0. The molecule has 4 heteroatoms. The molecule has 1 amide bonds. The summed E-state index contributed by atoms with van der Waals surface area (Å²) in [6, 6.07) is 0. The first-order chi connectivity index (χ1) is 7.34. The van der Waals surface area contributed by atoms with Gasteiger partial charge in [-0.1, -0.05) is 25.6 Å². The van der Waals surface area contributed by atoms with Crippen molar-refractivity contribution in [1.29, 1.82) is 0 Å². The number of carbonyl (C=O) groups excluding carboxylic acids is 1. The van der Waals surface area contributed by atoms with E-state index in [0.717, 1.165) is 13.0 Å². The summed E-state index contributed by atoms with van der Waals surface area (Å²) < 4.78 is 0. The second-order valence-corrected chi connectivity index (χ2v) is 5.82. The molecule has 0 radical (unpaired) electrons. The Morgan fingerprint density at radius 3 is 2.38 bits per heavy atom. The fourth-order valence-corrected chi connectivity index (χ4v) is 2.03. The molecule has 0 bridgehead atoms. The van der Waals surface area contributed by atoms with Gasteiger partial charge < -0.3 is 11.1 Å². The van der Waals surface area contributed by atoms with E-state index in [9.17, 15) is 4.79 Å². The molecule has 0 atom stereocenters. The lowest BCUT2D eigenvalue weighted by molar-refractivity contribution is -0.127. The topological polar surface area (TPSA) is 55.1 Å². The van der Waals surface area contributed by atoms with Gasteiger partial charge in [-0.2, -0.15) is 0 Å². The Bertz CT molecular complexity index is 290. The molecule has 0 saturated heterocycles. The summed E-state index contributed by atoms with van der Waals surface area (Å²) in [5, 5.41) is 2.99. The highest BCUT2D eigenvalue weighted by atomic mass is 32.1. The second kappa shape index (κ2) is 4.70. The summed E-state index contributed by atoms with van der Waals surface area (Å²) in [6.45, 7) is 6.48. The van der Waals surface area contributed by atoms with E-state index < -0.39 is 5.41 Å². The minimum Gasteiger partial charge on any atom is -0.392 e. The third kappa shape index (κ3) is 2.54. The van der Waals surface area contributed by atoms with Crippen LogP contribution >= 0.6 is 12.2 Å². The highest BCUT2D eigenvalue weighted by Gasteiger charge is 2.37. The molecular formula is C12H22N2OS. The Balaban J connectivity index is 2.49. The van der Waals surface area contributed by atoms with Crippen molar-refractivity contribution in [2.24, 2.45) is 16.6 Å². The number of nitrogens with two attached hydrogens (primary N) is 1. The number of amides is 1. The van der Waals surface area contributed by atoms with Crippen LogP contribution in [0, 0.1) is 10.8 Å². The fourth-order valence-electron chi connectivity index (χ4n) is 1.93. The molecule has 0 aromatic rings. The van der Waals surface area contributed by atoms with Gasteiger partial charge in [0.05, 0.1) is 10.4 Å². The largest absolute Gasteiger partial charge is 0.392 e. The molecule has 92 valence electrons. The van der Waals surface area contributed by atoms with Crippen LogP contribution in [-0.4, -0.2) is 17.4 Å². The maximum atomic E-state index is 11.9. The lowest BCUT2D eigenvalue weighted by Crippen LogP contribution is -2.49. The van der Waals surface area contributed by atoms with Crippen molar-refractivity contribution in [3.63, 3.8) is 0 Å². The molecule has 0 aromatic carbocycles. The van der Waals surface area contributed by atoms with Crippen LogP contribution in [0.4, 0.5) is 0 Å². The van der Waals surface area contributed by atoms with Gasteiger partial charge >= 0.3 is 0 Å². The third-order valence-electron chi connectivity index (χ3n) is 3.97. The normalized spacial score (nSPS) is 18.7. The van der Waals surface area contributed by atoms with Crippen molar-refractivity contribution < 1.29 is 4.79 Å². The van der Waals surface area contributed by atoms with E-state index >= 15 is 0 Å². The SMILES string of the molecule is CCC1(CNC(=O)C(C)(C)C(N)=S)CCC1. The highest BCUT2D eigenvalue weighted by Crippen LogP contribution is 2.43. The zero-order valence-corrected chi connectivity index (χ0v) is 11.2. The first kappa shape index (κ1) is 13.4. The molecule has 0 unspecified atom stereocenters. The number of nitrogens with one attached hydrogen (secondary N) is 1. The molecule has 1 saturated carbocycles. The first-order valence-electron chi connectivity index (χ1n) is 5.92. The molecule has 0 spiro atoms. The van der Waals surface area contributed by atoms with Crippen molar-refractivity contribution in [3.05, 3.63) is 0 Å². The smallest absolute Gasteiger partial charge is 0.232 e. The van der Waals surface area contributed by atoms with Gasteiger partial charge in [0.2, 0.25) is 5.91 Å². The van der Waals surface area contributed by atoms with E-state index in [1.807, 2.05) is 0 Å². The summed E-state index contributed by atoms with van der Waals surface area (Å²) in [6.07, 6.45) is 4.84. The van der Waals surface area contributed by atoms with E-state index in [0.29, 0.717) is 5.41 Å². The number of hydrogen-bond donors (Lipinski definition) is 2. The first-order valence-corrected chi connectivity index (χ1v) is 6.33. The Morgan fingerprint density at radius 1 is 1.50 bits per heavy atom. The van der Waals surface area contributed by atoms with Crippen LogP contribution < -0.4 is 11.1 Å². The molecule has 0 heterocycles. The Morgan fingerprint density at radius 2 is 2.06 bits per heavy atom. The number of carbonyl (C=O) groups is 1. The molecule has 1 fully saturated rings. The van der Waals surface area contributed by atoms with Gasteiger partial charge in [-0.15, -0.1) is 0 Å². The van der Waals surface area contributed by atoms with E-state index in [4.69, 9.17) is 18.0 Å². The molecular weight excluding hydrogens is 220 g/mol. The third-order valence-corrected chi connectivity index (χ3v) is 4.48. The number of hydrogen-bond acceptors (Lipinski definition) is 2. The summed E-state index contributed by atoms with van der Waals surface area (Å²) in [4.78, 5) is 12.2. The zero-order chi connectivity index (χ0) is 12.4. The van der Waals surface area contributed by atoms with Gasteiger partial charge in [0.15, 0.2) is 0 Å². The van der Waals surface area contributed by atoms with Gasteiger partial charge in [0.1, 0.15) is 0 Å². The fraction of sp³-hybridized carbons (Fsp3) is 0.833. The average molecular weight is 242 g/mol. The minimum atomic E-state index is -0.742. The standard InChI is InChI=1S/C12H22N2OS/c1-4-12(6-5-7-12)8-14-10(15)11(2,3)9(13)16/h4-8H2,1-3H3,(H2,13,16)(H,14,15). The molecule has 0 aliphatic heterocycles. The second-order valence-electron chi connectivity index (χ2n) is 5.38. The van der Waals surface area contributed by atoms with Crippen molar-refractivity contribution in [2.45, 2.75) is 46.5 Å². The van der Waals surface area contributed by atoms with Gasteiger partial charge in [-0.3, -0.25) is 4.79 Å². The van der Waals surface area contributed by atoms with Crippen LogP contribution in [0.25, 0.3) is 0 Å². The maximum Gasteiger partial charge on any atom is 0.232 e. The van der Waals surface area contributed by atoms with Crippen molar-refractivity contribution in [3.8, 4) is 0 Å². The summed E-state index contributed by atoms with van der Waals surface area (Å²) in [5.74, 6) is -0.0558. The monoisotopic (exact) mass is 242 g/mol. The molecule has 1 aliphatic carbocycles. The maximum absolute atomic E-state index is 11.9. The van der Waals surface area contributed by atoms with Crippen molar-refractivity contribution >= 4 is 23.1 Å². The molecule has 1 rings (SSSR count). The van der Waals surface area contributed by atoms with Crippen LogP contribution in [0.15, 0.2) is 0 Å². The number of thiocarbonyl (C=S) groups is 1. The Kier molecular flexibility index (Phi) is 3.94. The van der Waals surface area contributed by atoms with Crippen molar-refractivity contribution in [1.82, 2.24) is 5.32 Å². The van der Waals surface area contributed by atoms with Crippen LogP contribution in [0.1, 0.15) is 46.5 Å². The minimum absolute atomic E-state index is 0.0558. The van der Waals surface area contributed by atoms with E-state index in [1.54, 1.807) is 13.8 Å². The molecule has 0 aromatic heterocycles. The van der Waals surface area contributed by atoms with Gasteiger partial charge in [0.25, 0.3) is 0 Å². The van der Waals surface area contributed by atoms with Crippen LogP contribution in [-0.2, 0) is 4.79 Å². The zero-order valence-electron chi connectivity index (χ0n) is 10.4. The quantitative estimate of drug-likeness (QED) is 0.725. The van der Waals surface area contributed by atoms with E-state index in [2.05, 4.69) is 12.2 Å². The van der Waals surface area contributed by atoms with Crippen LogP contribution in [0.3, 0.4) is 0 Å². The van der Waals surface area contributed by atoms with E-state index in [-0.39, 0.29) is 10.9 Å². The highest BCUT2D eigenvalue weighted by molar-refractivity contribution is 7.80. The molecule has 3 nitrogen and oxygen atoms in total. The summed E-state index contributed by atoms with van der Waals surface area (Å²) in [5.41, 5.74) is 5.15. The van der Waals surface area contributed by atoms with Gasteiger partial charge in [-0.25, -0.2) is 0 Å². The predicted molar refractivity (Wildman–Crippen MR) is 70.2 cm³/mol. The lowest BCUT2D eigenvalue weighted by atomic mass is 9.67.